The number of ether oxygens (including phenoxy) is 1. The van der Waals surface area contributed by atoms with Crippen molar-refractivity contribution in [2.24, 2.45) is 5.41 Å². The highest BCUT2D eigenvalue weighted by Crippen LogP contribution is 2.46. The van der Waals surface area contributed by atoms with Crippen LogP contribution >= 0.6 is 0 Å². The summed E-state index contributed by atoms with van der Waals surface area (Å²) in [6.45, 7) is 0.837. The molecule has 2 aromatic rings. The first-order chi connectivity index (χ1) is 12.1. The predicted octanol–water partition coefficient (Wildman–Crippen LogP) is 2.41. The van der Waals surface area contributed by atoms with Crippen molar-refractivity contribution in [2.45, 2.75) is 25.9 Å². The van der Waals surface area contributed by atoms with E-state index in [1.165, 1.54) is 0 Å². The van der Waals surface area contributed by atoms with Crippen LogP contribution in [0.3, 0.4) is 0 Å². The Morgan fingerprint density at radius 3 is 1.88 bits per heavy atom. The Kier molecular flexibility index (Phi) is 5.03. The maximum absolute atomic E-state index is 12.5. The van der Waals surface area contributed by atoms with E-state index in [4.69, 9.17) is 4.74 Å². The van der Waals surface area contributed by atoms with Gasteiger partial charge in [-0.3, -0.25) is 9.59 Å². The summed E-state index contributed by atoms with van der Waals surface area (Å²) in [4.78, 5) is 24.9. The van der Waals surface area contributed by atoms with Gasteiger partial charge in [0.05, 0.1) is 7.11 Å². The molecule has 0 spiro atoms. The maximum atomic E-state index is 12.5. The molecule has 5 nitrogen and oxygen atoms in total. The number of nitrogens with one attached hydrogen (secondary N) is 2. The number of hydrogen-bond acceptors (Lipinski definition) is 3. The summed E-state index contributed by atoms with van der Waals surface area (Å²) in [7, 11) is 1.61. The molecule has 0 aliphatic heterocycles. The summed E-state index contributed by atoms with van der Waals surface area (Å²) in [5, 5.41) is 5.76. The second kappa shape index (κ2) is 7.38. The van der Waals surface area contributed by atoms with Crippen LogP contribution in [0.1, 0.15) is 24.0 Å². The van der Waals surface area contributed by atoms with Crippen molar-refractivity contribution in [3.8, 4) is 5.75 Å². The van der Waals surface area contributed by atoms with Crippen molar-refractivity contribution in [3.05, 3.63) is 65.7 Å². The SMILES string of the molecule is COc1ccc(CNC(=O)C2(C(=O)NCc3ccccc3)CC2)cc1. The Balaban J connectivity index is 1.52. The molecule has 1 aliphatic carbocycles. The van der Waals surface area contributed by atoms with Crippen LogP contribution in [0.2, 0.25) is 0 Å². The number of benzene rings is 2. The molecule has 2 N–H and O–H groups in total. The third-order valence-corrected chi connectivity index (χ3v) is 4.53. The van der Waals surface area contributed by atoms with Crippen LogP contribution in [0.4, 0.5) is 0 Å². The molecule has 1 aliphatic rings. The van der Waals surface area contributed by atoms with Gasteiger partial charge < -0.3 is 15.4 Å². The minimum Gasteiger partial charge on any atom is -0.497 e. The lowest BCUT2D eigenvalue weighted by Crippen LogP contribution is -2.42. The minimum absolute atomic E-state index is 0.191. The molecule has 2 amide bonds. The highest BCUT2D eigenvalue weighted by atomic mass is 16.5. The van der Waals surface area contributed by atoms with Crippen molar-refractivity contribution in [1.82, 2.24) is 10.6 Å². The molecule has 0 atom stereocenters. The fourth-order valence-corrected chi connectivity index (χ4v) is 2.72. The number of hydrogen-bond donors (Lipinski definition) is 2. The van der Waals surface area contributed by atoms with E-state index in [-0.39, 0.29) is 11.8 Å². The summed E-state index contributed by atoms with van der Waals surface area (Å²) in [5.74, 6) is 0.381. The van der Waals surface area contributed by atoms with Crippen LogP contribution in [-0.2, 0) is 22.7 Å². The lowest BCUT2D eigenvalue weighted by Gasteiger charge is -2.15. The number of methoxy groups -OCH3 is 1. The van der Waals surface area contributed by atoms with Gasteiger partial charge >= 0.3 is 0 Å². The van der Waals surface area contributed by atoms with Gasteiger partial charge in [0, 0.05) is 13.1 Å². The van der Waals surface area contributed by atoms with Gasteiger partial charge in [-0.05, 0) is 36.1 Å². The summed E-state index contributed by atoms with van der Waals surface area (Å²) in [6.07, 6.45) is 1.20. The second-order valence-electron chi connectivity index (χ2n) is 6.28. The van der Waals surface area contributed by atoms with Gasteiger partial charge in [-0.2, -0.15) is 0 Å². The highest BCUT2D eigenvalue weighted by molar-refractivity contribution is 6.07. The Hall–Kier alpha value is -2.82. The number of amides is 2. The Bertz CT molecular complexity index is 737. The first kappa shape index (κ1) is 17.0. The van der Waals surface area contributed by atoms with Crippen LogP contribution in [-0.4, -0.2) is 18.9 Å². The molecule has 1 saturated carbocycles. The maximum Gasteiger partial charge on any atom is 0.235 e. The molecule has 0 aromatic heterocycles. The van der Waals surface area contributed by atoms with Crippen molar-refractivity contribution >= 4 is 11.8 Å². The van der Waals surface area contributed by atoms with Gasteiger partial charge in [0.1, 0.15) is 11.2 Å². The first-order valence-corrected chi connectivity index (χ1v) is 8.37. The van der Waals surface area contributed by atoms with E-state index < -0.39 is 5.41 Å². The Morgan fingerprint density at radius 2 is 1.40 bits per heavy atom. The van der Waals surface area contributed by atoms with Gasteiger partial charge in [-0.1, -0.05) is 42.5 Å². The van der Waals surface area contributed by atoms with E-state index in [1.54, 1.807) is 7.11 Å². The van der Waals surface area contributed by atoms with Crippen LogP contribution < -0.4 is 15.4 Å². The average Bonchev–Trinajstić information content (AvgIpc) is 3.47. The van der Waals surface area contributed by atoms with Crippen LogP contribution in [0.5, 0.6) is 5.75 Å². The molecule has 0 heterocycles. The monoisotopic (exact) mass is 338 g/mol. The summed E-state index contributed by atoms with van der Waals surface area (Å²) >= 11 is 0. The van der Waals surface area contributed by atoms with Crippen molar-refractivity contribution in [3.63, 3.8) is 0 Å². The lowest BCUT2D eigenvalue weighted by molar-refractivity contribution is -0.137. The molecule has 2 aromatic carbocycles. The van der Waals surface area contributed by atoms with Gasteiger partial charge in [-0.25, -0.2) is 0 Å². The number of rotatable bonds is 7. The molecular weight excluding hydrogens is 316 g/mol. The highest BCUT2D eigenvalue weighted by Gasteiger charge is 2.56. The van der Waals surface area contributed by atoms with Crippen molar-refractivity contribution in [2.75, 3.05) is 7.11 Å². The normalized spacial score (nSPS) is 14.4. The van der Waals surface area contributed by atoms with Crippen molar-refractivity contribution < 1.29 is 14.3 Å². The average molecular weight is 338 g/mol. The number of carbonyl (C=O) groups excluding carboxylic acids is 2. The third-order valence-electron chi connectivity index (χ3n) is 4.53. The zero-order valence-electron chi connectivity index (χ0n) is 14.2. The van der Waals surface area contributed by atoms with Crippen LogP contribution in [0.15, 0.2) is 54.6 Å². The smallest absolute Gasteiger partial charge is 0.235 e. The molecule has 3 rings (SSSR count). The zero-order valence-corrected chi connectivity index (χ0v) is 14.2. The van der Waals surface area contributed by atoms with Gasteiger partial charge in [0.15, 0.2) is 0 Å². The van der Waals surface area contributed by atoms with Gasteiger partial charge in [-0.15, -0.1) is 0 Å². The minimum atomic E-state index is -0.902. The van der Waals surface area contributed by atoms with Crippen molar-refractivity contribution in [1.29, 1.82) is 0 Å². The first-order valence-electron chi connectivity index (χ1n) is 8.37. The van der Waals surface area contributed by atoms with Gasteiger partial charge in [0.25, 0.3) is 0 Å². The molecule has 0 radical (unpaired) electrons. The zero-order chi connectivity index (χ0) is 17.7. The molecule has 0 unspecified atom stereocenters. The molecule has 1 fully saturated rings. The largest absolute Gasteiger partial charge is 0.497 e. The molecule has 5 heteroatoms. The van der Waals surface area contributed by atoms with E-state index in [2.05, 4.69) is 10.6 Å². The third kappa shape index (κ3) is 3.99. The molecule has 25 heavy (non-hydrogen) atoms. The Morgan fingerprint density at radius 1 is 0.880 bits per heavy atom. The number of carbonyl (C=O) groups is 2. The van der Waals surface area contributed by atoms with E-state index in [9.17, 15) is 9.59 Å². The molecule has 0 saturated heterocycles. The lowest BCUT2D eigenvalue weighted by atomic mass is 10.0. The molecular formula is C20H22N2O3. The summed E-state index contributed by atoms with van der Waals surface area (Å²) < 4.78 is 5.11. The predicted molar refractivity (Wildman–Crippen MR) is 94.8 cm³/mol. The summed E-state index contributed by atoms with van der Waals surface area (Å²) in [6, 6.07) is 17.2. The second-order valence-corrected chi connectivity index (χ2v) is 6.28. The topological polar surface area (TPSA) is 67.4 Å². The quantitative estimate of drug-likeness (QED) is 0.762. The van der Waals surface area contributed by atoms with E-state index >= 15 is 0 Å². The fourth-order valence-electron chi connectivity index (χ4n) is 2.72. The molecule has 0 bridgehead atoms. The van der Waals surface area contributed by atoms with Gasteiger partial charge in [0.2, 0.25) is 11.8 Å². The van der Waals surface area contributed by atoms with Crippen LogP contribution in [0, 0.1) is 5.41 Å². The van der Waals surface area contributed by atoms with E-state index in [0.717, 1.165) is 16.9 Å². The summed E-state index contributed by atoms with van der Waals surface area (Å²) in [5.41, 5.74) is 1.08. The molecule has 130 valence electrons. The standard InChI is InChI=1S/C20H22N2O3/c1-25-17-9-7-16(8-10-17)14-22-19(24)20(11-12-20)18(23)21-13-15-5-3-2-4-6-15/h2-10H,11-14H2,1H3,(H,21,23)(H,22,24). The Labute approximate surface area is 147 Å². The van der Waals surface area contributed by atoms with E-state index in [1.807, 2.05) is 54.6 Å². The fraction of sp³-hybridized carbons (Fsp3) is 0.300. The van der Waals surface area contributed by atoms with E-state index in [0.29, 0.717) is 25.9 Å². The van der Waals surface area contributed by atoms with Crippen LogP contribution in [0.25, 0.3) is 0 Å².